The summed E-state index contributed by atoms with van der Waals surface area (Å²) >= 11 is 0. The Balaban J connectivity index is 1.68. The third-order valence-electron chi connectivity index (χ3n) is 6.17. The maximum atomic E-state index is 12.7. The molecule has 2 aromatic rings. The van der Waals surface area contributed by atoms with E-state index in [1.54, 1.807) is 0 Å². The van der Waals surface area contributed by atoms with Crippen molar-refractivity contribution in [3.8, 4) is 11.3 Å². The fourth-order valence-corrected chi connectivity index (χ4v) is 4.47. The highest BCUT2D eigenvalue weighted by Crippen LogP contribution is 2.30. The van der Waals surface area contributed by atoms with Crippen molar-refractivity contribution in [2.24, 2.45) is 0 Å². The molecule has 0 aromatic carbocycles. The molecule has 0 spiro atoms. The van der Waals surface area contributed by atoms with Gasteiger partial charge in [-0.3, -0.25) is 0 Å². The first kappa shape index (κ1) is 21.6. The van der Waals surface area contributed by atoms with Gasteiger partial charge in [0.2, 0.25) is 0 Å². The number of aromatic nitrogens is 2. The second kappa shape index (κ2) is 10.1. The van der Waals surface area contributed by atoms with Crippen molar-refractivity contribution in [1.29, 1.82) is 0 Å². The number of rotatable bonds is 6. The first-order chi connectivity index (χ1) is 15.2. The fourth-order valence-electron chi connectivity index (χ4n) is 4.47. The number of ether oxygens (including phenoxy) is 1. The van der Waals surface area contributed by atoms with Gasteiger partial charge < -0.3 is 20.3 Å². The molecule has 2 fully saturated rings. The van der Waals surface area contributed by atoms with Crippen molar-refractivity contribution in [2.45, 2.75) is 52.0 Å². The van der Waals surface area contributed by atoms with Crippen LogP contribution in [0.15, 0.2) is 24.4 Å². The molecule has 2 N–H and O–H groups in total. The molecule has 2 aromatic heterocycles. The molecule has 2 aliphatic rings. The monoisotopic (exact) mass is 423 g/mol. The lowest BCUT2D eigenvalue weighted by Gasteiger charge is -2.30. The highest BCUT2D eigenvalue weighted by atomic mass is 16.5. The van der Waals surface area contributed by atoms with Crippen molar-refractivity contribution in [3.05, 3.63) is 35.5 Å². The van der Waals surface area contributed by atoms with Crippen LogP contribution in [-0.2, 0) is 4.74 Å². The van der Waals surface area contributed by atoms with E-state index in [1.165, 1.54) is 32.1 Å². The smallest absolute Gasteiger partial charge is 0.338 e. The van der Waals surface area contributed by atoms with E-state index < -0.39 is 0 Å². The summed E-state index contributed by atoms with van der Waals surface area (Å²) in [5.41, 5.74) is 3.18. The highest BCUT2D eigenvalue weighted by Gasteiger charge is 2.22. The number of pyridine rings is 2. The summed E-state index contributed by atoms with van der Waals surface area (Å²) in [6.45, 7) is 7.69. The SMILES string of the molecule is CCOC(=O)c1cc(-c2ccnc(NC3CCCCC3)c2)nc(N2CCNCC2)c1C. The number of carbonyl (C=O) groups is 1. The predicted molar refractivity (Wildman–Crippen MR) is 124 cm³/mol. The lowest BCUT2D eigenvalue weighted by molar-refractivity contribution is 0.0525. The van der Waals surface area contributed by atoms with Crippen LogP contribution in [0.3, 0.4) is 0 Å². The van der Waals surface area contributed by atoms with Crippen LogP contribution in [0.4, 0.5) is 11.6 Å². The van der Waals surface area contributed by atoms with Crippen LogP contribution in [0, 0.1) is 6.92 Å². The molecule has 3 heterocycles. The van der Waals surface area contributed by atoms with Crippen LogP contribution in [0.1, 0.15) is 54.9 Å². The molecule has 1 aliphatic carbocycles. The lowest BCUT2D eigenvalue weighted by atomic mass is 9.95. The second-order valence-electron chi connectivity index (χ2n) is 8.37. The Kier molecular flexibility index (Phi) is 7.02. The largest absolute Gasteiger partial charge is 0.462 e. The van der Waals surface area contributed by atoms with Gasteiger partial charge in [0.05, 0.1) is 17.9 Å². The fraction of sp³-hybridized carbons (Fsp3) is 0.542. The van der Waals surface area contributed by atoms with E-state index in [1.807, 2.05) is 38.2 Å². The topological polar surface area (TPSA) is 79.4 Å². The van der Waals surface area contributed by atoms with Crippen LogP contribution in [0.5, 0.6) is 0 Å². The molecule has 1 saturated heterocycles. The zero-order valence-electron chi connectivity index (χ0n) is 18.6. The lowest BCUT2D eigenvalue weighted by Crippen LogP contribution is -2.44. The number of esters is 1. The van der Waals surface area contributed by atoms with Gasteiger partial charge in [-0.1, -0.05) is 19.3 Å². The summed E-state index contributed by atoms with van der Waals surface area (Å²) in [6, 6.07) is 6.34. The Labute approximate surface area is 184 Å². The molecule has 0 amide bonds. The van der Waals surface area contributed by atoms with Crippen LogP contribution < -0.4 is 15.5 Å². The maximum Gasteiger partial charge on any atom is 0.338 e. The van der Waals surface area contributed by atoms with Crippen LogP contribution in [0.2, 0.25) is 0 Å². The average molecular weight is 424 g/mol. The number of hydrogen-bond donors (Lipinski definition) is 2. The van der Waals surface area contributed by atoms with E-state index in [0.29, 0.717) is 18.2 Å². The summed E-state index contributed by atoms with van der Waals surface area (Å²) in [6.07, 6.45) is 8.06. The normalized spacial score (nSPS) is 17.4. The number of hydrogen-bond acceptors (Lipinski definition) is 7. The number of anilines is 2. The molecule has 0 radical (unpaired) electrons. The van der Waals surface area contributed by atoms with Crippen molar-refractivity contribution in [2.75, 3.05) is 43.0 Å². The van der Waals surface area contributed by atoms with E-state index in [2.05, 4.69) is 20.5 Å². The van der Waals surface area contributed by atoms with Crippen LogP contribution in [0.25, 0.3) is 11.3 Å². The molecule has 7 heteroatoms. The first-order valence-electron chi connectivity index (χ1n) is 11.5. The third kappa shape index (κ3) is 5.15. The summed E-state index contributed by atoms with van der Waals surface area (Å²) < 4.78 is 5.34. The molecule has 0 atom stereocenters. The zero-order valence-corrected chi connectivity index (χ0v) is 18.6. The molecule has 1 saturated carbocycles. The summed E-state index contributed by atoms with van der Waals surface area (Å²) in [5.74, 6) is 1.43. The van der Waals surface area contributed by atoms with E-state index in [0.717, 1.165) is 54.6 Å². The number of nitrogens with one attached hydrogen (secondary N) is 2. The quantitative estimate of drug-likeness (QED) is 0.685. The minimum absolute atomic E-state index is 0.297. The third-order valence-corrected chi connectivity index (χ3v) is 6.17. The van der Waals surface area contributed by atoms with Gasteiger partial charge in [0, 0.05) is 49.5 Å². The van der Waals surface area contributed by atoms with Crippen molar-refractivity contribution in [3.63, 3.8) is 0 Å². The Morgan fingerprint density at radius 1 is 1.23 bits per heavy atom. The minimum atomic E-state index is -0.297. The highest BCUT2D eigenvalue weighted by molar-refractivity contribution is 5.94. The Morgan fingerprint density at radius 3 is 2.74 bits per heavy atom. The molecular weight excluding hydrogens is 390 g/mol. The first-order valence-corrected chi connectivity index (χ1v) is 11.5. The van der Waals surface area contributed by atoms with Gasteiger partial charge in [0.15, 0.2) is 0 Å². The van der Waals surface area contributed by atoms with Gasteiger partial charge in [0.25, 0.3) is 0 Å². The van der Waals surface area contributed by atoms with Crippen molar-refractivity contribution in [1.82, 2.24) is 15.3 Å². The van der Waals surface area contributed by atoms with Gasteiger partial charge in [-0.2, -0.15) is 0 Å². The standard InChI is InChI=1S/C24H33N5O2/c1-3-31-24(30)20-16-21(28-23(17(20)2)29-13-11-25-12-14-29)18-9-10-26-22(15-18)27-19-7-5-4-6-8-19/h9-10,15-16,19,25H,3-8,11-14H2,1-2H3,(H,26,27). The summed E-state index contributed by atoms with van der Waals surface area (Å²) in [5, 5.41) is 6.97. The summed E-state index contributed by atoms with van der Waals surface area (Å²) in [7, 11) is 0. The average Bonchev–Trinajstić information content (AvgIpc) is 2.81. The molecule has 31 heavy (non-hydrogen) atoms. The summed E-state index contributed by atoms with van der Waals surface area (Å²) in [4.78, 5) is 24.5. The zero-order chi connectivity index (χ0) is 21.6. The maximum absolute atomic E-state index is 12.7. The van der Waals surface area contributed by atoms with Crippen molar-refractivity contribution >= 4 is 17.6 Å². The van der Waals surface area contributed by atoms with Gasteiger partial charge in [0.1, 0.15) is 11.6 Å². The van der Waals surface area contributed by atoms with Crippen LogP contribution >= 0.6 is 0 Å². The van der Waals surface area contributed by atoms with Gasteiger partial charge in [-0.05, 0) is 44.9 Å². The van der Waals surface area contributed by atoms with Gasteiger partial charge >= 0.3 is 5.97 Å². The molecule has 1 aliphatic heterocycles. The number of nitrogens with zero attached hydrogens (tertiary/aromatic N) is 3. The molecule has 0 unspecified atom stereocenters. The molecule has 4 rings (SSSR count). The number of piperazine rings is 1. The van der Waals surface area contributed by atoms with E-state index >= 15 is 0 Å². The Bertz CT molecular complexity index is 905. The van der Waals surface area contributed by atoms with Gasteiger partial charge in [-0.15, -0.1) is 0 Å². The molecular formula is C24H33N5O2. The molecule has 166 valence electrons. The van der Waals surface area contributed by atoms with Crippen molar-refractivity contribution < 1.29 is 9.53 Å². The minimum Gasteiger partial charge on any atom is -0.462 e. The van der Waals surface area contributed by atoms with E-state index in [9.17, 15) is 4.79 Å². The molecule has 0 bridgehead atoms. The van der Waals surface area contributed by atoms with Crippen LogP contribution in [-0.4, -0.2) is 54.8 Å². The van der Waals surface area contributed by atoms with Gasteiger partial charge in [-0.25, -0.2) is 14.8 Å². The van der Waals surface area contributed by atoms with E-state index in [-0.39, 0.29) is 5.97 Å². The molecule has 7 nitrogen and oxygen atoms in total. The van der Waals surface area contributed by atoms with E-state index in [4.69, 9.17) is 9.72 Å². The predicted octanol–water partition coefficient (Wildman–Crippen LogP) is 3.78. The second-order valence-corrected chi connectivity index (χ2v) is 8.37. The Hall–Kier alpha value is -2.67. The Morgan fingerprint density at radius 2 is 2.00 bits per heavy atom. The number of carbonyl (C=O) groups excluding carboxylic acids is 1.